The van der Waals surface area contributed by atoms with Gasteiger partial charge in [-0.05, 0) is 40.6 Å². The van der Waals surface area contributed by atoms with Crippen molar-refractivity contribution >= 4 is 39.0 Å². The molecule has 1 unspecified atom stereocenters. The van der Waals surface area contributed by atoms with Gasteiger partial charge in [-0.25, -0.2) is 4.79 Å². The monoisotopic (exact) mass is 364 g/mol. The molecule has 1 aliphatic rings. The third-order valence-corrected chi connectivity index (χ3v) is 6.12. The van der Waals surface area contributed by atoms with Gasteiger partial charge < -0.3 is 10.2 Å². The Hall–Kier alpha value is -1.33. The number of thiophene rings is 1. The number of hydrogen-bond acceptors (Lipinski definition) is 2. The number of anilines is 1. The van der Waals surface area contributed by atoms with E-state index in [0.29, 0.717) is 6.54 Å². The molecule has 1 N–H and O–H groups in total. The minimum absolute atomic E-state index is 0.0443. The summed E-state index contributed by atoms with van der Waals surface area (Å²) in [6, 6.07) is 8.42. The summed E-state index contributed by atoms with van der Waals surface area (Å²) >= 11 is 5.62. The number of nitrogens with one attached hydrogen (secondary N) is 1. The van der Waals surface area contributed by atoms with Crippen LogP contribution in [-0.2, 0) is 13.0 Å². The van der Waals surface area contributed by atoms with Crippen LogP contribution in [0.1, 0.15) is 33.3 Å². The second-order valence-electron chi connectivity index (χ2n) is 5.23. The first-order chi connectivity index (χ1) is 10.1. The number of rotatable bonds is 3. The van der Waals surface area contributed by atoms with E-state index in [9.17, 15) is 4.79 Å². The molecule has 1 atom stereocenters. The van der Waals surface area contributed by atoms with Crippen LogP contribution in [0.25, 0.3) is 0 Å². The molecule has 0 aliphatic carbocycles. The van der Waals surface area contributed by atoms with E-state index >= 15 is 0 Å². The highest BCUT2D eigenvalue weighted by molar-refractivity contribution is 9.09. The summed E-state index contributed by atoms with van der Waals surface area (Å²) in [5.74, 6) is 0. The van der Waals surface area contributed by atoms with Crippen molar-refractivity contribution in [2.24, 2.45) is 0 Å². The average Bonchev–Trinajstić information content (AvgIpc) is 2.95. The van der Waals surface area contributed by atoms with Gasteiger partial charge in [-0.15, -0.1) is 11.3 Å². The van der Waals surface area contributed by atoms with Crippen molar-refractivity contribution in [2.45, 2.75) is 24.7 Å². The van der Waals surface area contributed by atoms with Crippen molar-refractivity contribution in [3.63, 3.8) is 0 Å². The van der Waals surface area contributed by atoms with E-state index < -0.39 is 0 Å². The molecule has 0 saturated heterocycles. The van der Waals surface area contributed by atoms with Crippen LogP contribution in [0.5, 0.6) is 0 Å². The molecule has 1 aliphatic heterocycles. The minimum atomic E-state index is -0.0443. The van der Waals surface area contributed by atoms with Gasteiger partial charge in [-0.3, -0.25) is 0 Å². The van der Waals surface area contributed by atoms with Crippen LogP contribution in [-0.4, -0.2) is 18.0 Å². The zero-order valence-electron chi connectivity index (χ0n) is 12.0. The lowest BCUT2D eigenvalue weighted by atomic mass is 10.0. The highest BCUT2D eigenvalue weighted by Gasteiger charge is 2.22. The molecule has 21 heavy (non-hydrogen) atoms. The van der Waals surface area contributed by atoms with Crippen LogP contribution >= 0.6 is 27.3 Å². The molecular weight excluding hydrogens is 348 g/mol. The largest absolute Gasteiger partial charge is 0.323 e. The van der Waals surface area contributed by atoms with Crippen molar-refractivity contribution in [1.82, 2.24) is 4.90 Å². The van der Waals surface area contributed by atoms with Crippen molar-refractivity contribution in [2.75, 3.05) is 12.4 Å². The van der Waals surface area contributed by atoms with Crippen LogP contribution < -0.4 is 5.32 Å². The molecule has 1 aromatic heterocycles. The molecule has 2 amide bonds. The molecule has 5 heteroatoms. The smallest absolute Gasteiger partial charge is 0.321 e. The Morgan fingerprint density at radius 3 is 3.00 bits per heavy atom. The minimum Gasteiger partial charge on any atom is -0.323 e. The number of carbonyl (C=O) groups is 1. The quantitative estimate of drug-likeness (QED) is 0.781. The number of aryl methyl sites for hydroxylation is 1. The van der Waals surface area contributed by atoms with Crippen LogP contribution in [0.4, 0.5) is 10.5 Å². The van der Waals surface area contributed by atoms with Crippen molar-refractivity contribution in [1.29, 1.82) is 0 Å². The first-order valence-corrected chi connectivity index (χ1v) is 8.75. The maximum absolute atomic E-state index is 11.7. The van der Waals surface area contributed by atoms with Gasteiger partial charge in [0.2, 0.25) is 0 Å². The Labute approximate surface area is 137 Å². The highest BCUT2D eigenvalue weighted by atomic mass is 79.9. The molecule has 2 heterocycles. The number of carbonyl (C=O) groups excluding carboxylic acids is 1. The van der Waals surface area contributed by atoms with Gasteiger partial charge in [0.15, 0.2) is 0 Å². The summed E-state index contributed by atoms with van der Waals surface area (Å²) in [6.45, 7) is 2.84. The number of nitrogens with zero attached hydrogens (tertiary/aromatic N) is 1. The van der Waals surface area contributed by atoms with E-state index in [2.05, 4.69) is 51.7 Å². The van der Waals surface area contributed by atoms with Gasteiger partial charge >= 0.3 is 6.03 Å². The standard InChI is InChI=1S/C16H17BrN2OS/c1-3-10-6-7-21-15(10)14(17)11-4-5-13-12(8-11)9-19(2)16(20)18-13/h4-8,14H,3,9H2,1-2H3,(H,18,20). The summed E-state index contributed by atoms with van der Waals surface area (Å²) in [5, 5.41) is 5.06. The lowest BCUT2D eigenvalue weighted by molar-refractivity contribution is 0.218. The SMILES string of the molecule is CCc1ccsc1C(Br)c1ccc2c(c1)CN(C)C(=O)N2. The zero-order chi connectivity index (χ0) is 15.0. The number of hydrogen-bond donors (Lipinski definition) is 1. The molecule has 0 saturated carbocycles. The van der Waals surface area contributed by atoms with Crippen LogP contribution in [0.3, 0.4) is 0 Å². The number of urea groups is 1. The number of halogens is 1. The topological polar surface area (TPSA) is 32.3 Å². The second-order valence-corrected chi connectivity index (χ2v) is 7.09. The van der Waals surface area contributed by atoms with Gasteiger partial charge in [0.25, 0.3) is 0 Å². The fourth-order valence-electron chi connectivity index (χ4n) is 2.58. The van der Waals surface area contributed by atoms with Gasteiger partial charge in [-0.2, -0.15) is 0 Å². The zero-order valence-corrected chi connectivity index (χ0v) is 14.4. The summed E-state index contributed by atoms with van der Waals surface area (Å²) in [7, 11) is 1.81. The molecule has 110 valence electrons. The van der Waals surface area contributed by atoms with Crippen molar-refractivity contribution < 1.29 is 4.79 Å². The van der Waals surface area contributed by atoms with E-state index in [-0.39, 0.29) is 10.9 Å². The summed E-state index contributed by atoms with van der Waals surface area (Å²) in [4.78, 5) is 14.9. The van der Waals surface area contributed by atoms with E-state index in [1.54, 1.807) is 16.2 Å². The maximum atomic E-state index is 11.7. The fourth-order valence-corrected chi connectivity index (χ4v) is 4.48. The van der Waals surface area contributed by atoms with Crippen molar-refractivity contribution in [3.05, 3.63) is 51.2 Å². The Bertz CT molecular complexity index is 683. The molecule has 3 rings (SSSR count). The molecule has 0 bridgehead atoms. The van der Waals surface area contributed by atoms with Crippen LogP contribution in [0.15, 0.2) is 29.6 Å². The maximum Gasteiger partial charge on any atom is 0.321 e. The molecule has 1 aromatic carbocycles. The lowest BCUT2D eigenvalue weighted by Gasteiger charge is -2.26. The van der Waals surface area contributed by atoms with Crippen molar-refractivity contribution in [3.8, 4) is 0 Å². The molecule has 0 radical (unpaired) electrons. The number of alkyl halides is 1. The molecule has 3 nitrogen and oxygen atoms in total. The summed E-state index contributed by atoms with van der Waals surface area (Å²) in [6.07, 6.45) is 1.05. The Morgan fingerprint density at radius 1 is 1.43 bits per heavy atom. The molecule has 0 fully saturated rings. The highest BCUT2D eigenvalue weighted by Crippen LogP contribution is 2.38. The molecular formula is C16H17BrN2OS. The third kappa shape index (κ3) is 2.72. The van der Waals surface area contributed by atoms with Crippen LogP contribution in [0, 0.1) is 0 Å². The normalized spacial score (nSPS) is 15.6. The number of fused-ring (bicyclic) bond motifs is 1. The lowest BCUT2D eigenvalue weighted by Crippen LogP contribution is -2.35. The summed E-state index contributed by atoms with van der Waals surface area (Å²) < 4.78 is 0. The predicted octanol–water partition coefficient (Wildman–Crippen LogP) is 4.77. The van der Waals surface area contributed by atoms with Crippen LogP contribution in [0.2, 0.25) is 0 Å². The van der Waals surface area contributed by atoms with E-state index in [4.69, 9.17) is 0 Å². The first-order valence-electron chi connectivity index (χ1n) is 6.95. The van der Waals surface area contributed by atoms with Gasteiger partial charge in [0.05, 0.1) is 4.83 Å². The Kier molecular flexibility index (Phi) is 4.04. The number of benzene rings is 1. The molecule has 2 aromatic rings. The Balaban J connectivity index is 1.94. The summed E-state index contributed by atoms with van der Waals surface area (Å²) in [5.41, 5.74) is 4.71. The second kappa shape index (κ2) is 5.81. The molecule has 0 spiro atoms. The van der Waals surface area contributed by atoms with Gasteiger partial charge in [-0.1, -0.05) is 35.0 Å². The predicted molar refractivity (Wildman–Crippen MR) is 91.4 cm³/mol. The van der Waals surface area contributed by atoms with Gasteiger partial charge in [0, 0.05) is 24.2 Å². The Morgan fingerprint density at radius 2 is 2.24 bits per heavy atom. The number of amides is 2. The van der Waals surface area contributed by atoms with E-state index in [1.165, 1.54) is 16.0 Å². The fraction of sp³-hybridized carbons (Fsp3) is 0.312. The third-order valence-electron chi connectivity index (χ3n) is 3.81. The van der Waals surface area contributed by atoms with Gasteiger partial charge in [0.1, 0.15) is 0 Å². The average molecular weight is 365 g/mol. The van der Waals surface area contributed by atoms with E-state index in [1.807, 2.05) is 13.1 Å². The first kappa shape index (κ1) is 14.6. The van der Waals surface area contributed by atoms with E-state index in [0.717, 1.165) is 17.7 Å².